The molecule has 0 fully saturated rings. The molecule has 2 N–H and O–H groups in total. The SMILES string of the molecule is CN(C)CCN(C)CCOc1c(F)cc(-c2ccc(=O)n(Cc3ccc4[nH]c(=O)[nH]c4c3)n2)cc1F. The summed E-state index contributed by atoms with van der Waals surface area (Å²) in [5.74, 6) is -2.13. The van der Waals surface area contributed by atoms with Crippen LogP contribution in [-0.2, 0) is 6.54 Å². The van der Waals surface area contributed by atoms with Gasteiger partial charge in [-0.05, 0) is 57.0 Å². The fourth-order valence-corrected chi connectivity index (χ4v) is 3.70. The Bertz CT molecular complexity index is 1450. The summed E-state index contributed by atoms with van der Waals surface area (Å²) in [5.41, 5.74) is 1.68. The third-order valence-electron chi connectivity index (χ3n) is 5.72. The number of H-pyrrole nitrogens is 2. The van der Waals surface area contributed by atoms with Crippen LogP contribution >= 0.6 is 0 Å². The van der Waals surface area contributed by atoms with Crippen molar-refractivity contribution in [3.63, 3.8) is 0 Å². The summed E-state index contributed by atoms with van der Waals surface area (Å²) < 4.78 is 36.1. The number of imidazole rings is 1. The van der Waals surface area contributed by atoms with Crippen LogP contribution < -0.4 is 16.0 Å². The predicted molar refractivity (Wildman–Crippen MR) is 133 cm³/mol. The zero-order chi connectivity index (χ0) is 25.8. The minimum absolute atomic E-state index is 0.114. The lowest BCUT2D eigenvalue weighted by atomic mass is 10.1. The van der Waals surface area contributed by atoms with Crippen molar-refractivity contribution in [3.05, 3.63) is 80.5 Å². The van der Waals surface area contributed by atoms with E-state index in [9.17, 15) is 18.4 Å². The Kier molecular flexibility index (Phi) is 7.61. The molecule has 0 radical (unpaired) electrons. The van der Waals surface area contributed by atoms with Gasteiger partial charge in [-0.25, -0.2) is 18.3 Å². The number of benzene rings is 2. The van der Waals surface area contributed by atoms with Gasteiger partial charge in [0, 0.05) is 31.3 Å². The van der Waals surface area contributed by atoms with Crippen molar-refractivity contribution in [2.75, 3.05) is 47.4 Å². The monoisotopic (exact) mass is 498 g/mol. The van der Waals surface area contributed by atoms with Gasteiger partial charge in [0.25, 0.3) is 5.56 Å². The fourth-order valence-electron chi connectivity index (χ4n) is 3.70. The maximum Gasteiger partial charge on any atom is 0.323 e. The second-order valence-electron chi connectivity index (χ2n) is 8.90. The van der Waals surface area contributed by atoms with Gasteiger partial charge in [-0.3, -0.25) is 4.79 Å². The van der Waals surface area contributed by atoms with Crippen LogP contribution in [0.25, 0.3) is 22.3 Å². The largest absolute Gasteiger partial charge is 0.486 e. The van der Waals surface area contributed by atoms with E-state index in [-0.39, 0.29) is 35.7 Å². The number of likely N-dealkylation sites (N-methyl/N-ethyl adjacent to an activating group) is 2. The van der Waals surface area contributed by atoms with Crippen molar-refractivity contribution in [2.24, 2.45) is 0 Å². The van der Waals surface area contributed by atoms with Crippen LogP contribution in [-0.4, -0.2) is 76.9 Å². The summed E-state index contributed by atoms with van der Waals surface area (Å²) in [6.07, 6.45) is 0. The molecule has 0 bridgehead atoms. The third kappa shape index (κ3) is 6.04. The molecule has 2 aromatic carbocycles. The Balaban J connectivity index is 1.49. The van der Waals surface area contributed by atoms with E-state index in [1.54, 1.807) is 18.2 Å². The molecule has 0 unspecified atom stereocenters. The van der Waals surface area contributed by atoms with Gasteiger partial charge in [-0.2, -0.15) is 5.10 Å². The number of nitrogens with zero attached hydrogens (tertiary/aromatic N) is 4. The van der Waals surface area contributed by atoms with Gasteiger partial charge >= 0.3 is 5.69 Å². The molecule has 4 rings (SSSR count). The van der Waals surface area contributed by atoms with Crippen molar-refractivity contribution in [3.8, 4) is 17.0 Å². The van der Waals surface area contributed by atoms with Gasteiger partial charge in [0.2, 0.25) is 0 Å². The zero-order valence-corrected chi connectivity index (χ0v) is 20.3. The minimum Gasteiger partial charge on any atom is -0.486 e. The lowest BCUT2D eigenvalue weighted by molar-refractivity contribution is 0.212. The topological polar surface area (TPSA) is 99.2 Å². The van der Waals surface area contributed by atoms with Crippen LogP contribution in [0.3, 0.4) is 0 Å². The molecule has 0 saturated carbocycles. The van der Waals surface area contributed by atoms with Crippen molar-refractivity contribution in [1.29, 1.82) is 0 Å². The van der Waals surface area contributed by atoms with E-state index < -0.39 is 17.4 Å². The number of fused-ring (bicyclic) bond motifs is 1. The van der Waals surface area contributed by atoms with Crippen LogP contribution in [0, 0.1) is 11.6 Å². The first kappa shape index (κ1) is 25.3. The molecule has 36 heavy (non-hydrogen) atoms. The second-order valence-corrected chi connectivity index (χ2v) is 8.90. The highest BCUT2D eigenvalue weighted by Gasteiger charge is 2.16. The summed E-state index contributed by atoms with van der Waals surface area (Å²) in [6.45, 7) is 2.44. The highest BCUT2D eigenvalue weighted by molar-refractivity contribution is 5.75. The van der Waals surface area contributed by atoms with Gasteiger partial charge < -0.3 is 24.5 Å². The summed E-state index contributed by atoms with van der Waals surface area (Å²) in [5, 5.41) is 4.29. The summed E-state index contributed by atoms with van der Waals surface area (Å²) in [4.78, 5) is 33.2. The maximum atomic E-state index is 14.7. The van der Waals surface area contributed by atoms with Gasteiger partial charge in [0.05, 0.1) is 23.3 Å². The summed E-state index contributed by atoms with van der Waals surface area (Å²) in [7, 11) is 5.87. The number of hydrogen-bond donors (Lipinski definition) is 2. The second kappa shape index (κ2) is 10.8. The predicted octanol–water partition coefficient (Wildman–Crippen LogP) is 2.28. The Morgan fingerprint density at radius 1 is 0.917 bits per heavy atom. The molecule has 0 atom stereocenters. The summed E-state index contributed by atoms with van der Waals surface area (Å²) in [6, 6.07) is 10.2. The average molecular weight is 499 g/mol. The Hall–Kier alpha value is -3.83. The van der Waals surface area contributed by atoms with Crippen molar-refractivity contribution in [2.45, 2.75) is 6.54 Å². The number of aromatic amines is 2. The molecule has 0 spiro atoms. The van der Waals surface area contributed by atoms with E-state index in [0.29, 0.717) is 17.6 Å². The van der Waals surface area contributed by atoms with Gasteiger partial charge in [0.1, 0.15) is 6.61 Å². The lowest BCUT2D eigenvalue weighted by Crippen LogP contribution is -2.31. The van der Waals surface area contributed by atoms with E-state index in [1.807, 2.05) is 26.0 Å². The molecular formula is C25H28F2N6O3. The molecule has 0 aliphatic heterocycles. The molecule has 0 saturated heterocycles. The van der Waals surface area contributed by atoms with Crippen LogP contribution in [0.4, 0.5) is 8.78 Å². The molecule has 0 aliphatic carbocycles. The van der Waals surface area contributed by atoms with E-state index in [4.69, 9.17) is 4.74 Å². The molecule has 2 heterocycles. The van der Waals surface area contributed by atoms with Gasteiger partial charge in [-0.15, -0.1) is 0 Å². The van der Waals surface area contributed by atoms with E-state index in [1.165, 1.54) is 16.8 Å². The van der Waals surface area contributed by atoms with Crippen molar-refractivity contribution >= 4 is 11.0 Å². The maximum absolute atomic E-state index is 14.7. The quantitative estimate of drug-likeness (QED) is 0.348. The van der Waals surface area contributed by atoms with Crippen LogP contribution in [0.2, 0.25) is 0 Å². The number of aromatic nitrogens is 4. The fraction of sp³-hybridized carbons (Fsp3) is 0.320. The van der Waals surface area contributed by atoms with Crippen molar-refractivity contribution in [1.82, 2.24) is 29.5 Å². The zero-order valence-electron chi connectivity index (χ0n) is 20.3. The number of ether oxygens (including phenoxy) is 1. The average Bonchev–Trinajstić information content (AvgIpc) is 3.20. The molecule has 190 valence electrons. The molecule has 0 amide bonds. The molecule has 2 aromatic heterocycles. The highest BCUT2D eigenvalue weighted by atomic mass is 19.1. The van der Waals surface area contributed by atoms with Crippen LogP contribution in [0.1, 0.15) is 5.56 Å². The first-order chi connectivity index (χ1) is 17.2. The standard InChI is InChI=1S/C25H28F2N6O3/c1-31(2)8-9-32(3)10-11-36-24-18(26)13-17(14-19(24)27)20-6-7-23(34)33(30-20)15-16-4-5-21-22(12-16)29-25(35)28-21/h4-7,12-14H,8-11,15H2,1-3H3,(H2,28,29,35). The molecule has 11 heteroatoms. The Morgan fingerprint density at radius 2 is 1.64 bits per heavy atom. The first-order valence-electron chi connectivity index (χ1n) is 11.4. The van der Waals surface area contributed by atoms with E-state index in [0.717, 1.165) is 30.8 Å². The van der Waals surface area contributed by atoms with Crippen molar-refractivity contribution < 1.29 is 13.5 Å². The lowest BCUT2D eigenvalue weighted by Gasteiger charge is -2.19. The molecular weight excluding hydrogens is 470 g/mol. The van der Waals surface area contributed by atoms with Gasteiger partial charge in [-0.1, -0.05) is 6.07 Å². The number of rotatable bonds is 10. The Morgan fingerprint density at radius 3 is 2.36 bits per heavy atom. The Labute approximate surface area is 205 Å². The van der Waals surface area contributed by atoms with Crippen LogP contribution in [0.15, 0.2) is 52.1 Å². The third-order valence-corrected chi connectivity index (χ3v) is 5.72. The molecule has 9 nitrogen and oxygen atoms in total. The molecule has 0 aliphatic rings. The smallest absolute Gasteiger partial charge is 0.323 e. The number of halogens is 2. The normalized spacial score (nSPS) is 11.6. The summed E-state index contributed by atoms with van der Waals surface area (Å²) >= 11 is 0. The number of hydrogen-bond acceptors (Lipinski definition) is 6. The highest BCUT2D eigenvalue weighted by Crippen LogP contribution is 2.28. The first-order valence-corrected chi connectivity index (χ1v) is 11.4. The number of nitrogens with one attached hydrogen (secondary N) is 2. The van der Waals surface area contributed by atoms with E-state index in [2.05, 4.69) is 20.0 Å². The molecule has 4 aromatic rings. The minimum atomic E-state index is -0.845. The van der Waals surface area contributed by atoms with Gasteiger partial charge in [0.15, 0.2) is 17.4 Å². The van der Waals surface area contributed by atoms with Crippen LogP contribution in [0.5, 0.6) is 5.75 Å². The van der Waals surface area contributed by atoms with E-state index >= 15 is 0 Å².